The molecule has 0 aliphatic heterocycles. The first-order chi connectivity index (χ1) is 14.1. The summed E-state index contributed by atoms with van der Waals surface area (Å²) in [7, 11) is 0. The zero-order valence-electron chi connectivity index (χ0n) is 18.8. The summed E-state index contributed by atoms with van der Waals surface area (Å²) in [5, 5.41) is 37.3. The lowest BCUT2D eigenvalue weighted by Crippen LogP contribution is -2.31. The third-order valence-corrected chi connectivity index (χ3v) is 5.59. The van der Waals surface area contributed by atoms with Crippen LogP contribution in [0.3, 0.4) is 0 Å². The van der Waals surface area contributed by atoms with E-state index in [4.69, 9.17) is 20.7 Å². The molecule has 6 unspecified atom stereocenters. The molecule has 0 aromatic carbocycles. The molecule has 0 fully saturated rings. The molecule has 0 saturated carbocycles. The maximum Gasteiger partial charge on any atom is 0.113 e. The van der Waals surface area contributed by atoms with Gasteiger partial charge in [0.1, 0.15) is 22.8 Å². The topological polar surface area (TPSA) is 177 Å². The van der Waals surface area contributed by atoms with Gasteiger partial charge in [-0.25, -0.2) is 0 Å². The van der Waals surface area contributed by atoms with Crippen molar-refractivity contribution in [3.63, 3.8) is 0 Å². The summed E-state index contributed by atoms with van der Waals surface area (Å²) in [6.07, 6.45) is -0.936. The molecular formula is C19H38N6O5. The normalized spacial score (nSPS) is 17.5. The van der Waals surface area contributed by atoms with Crippen LogP contribution in [0, 0.1) is 11.3 Å². The molecule has 0 bridgehead atoms. The number of hydrogen-bond acceptors (Lipinski definition) is 7. The molecule has 174 valence electrons. The van der Waals surface area contributed by atoms with Crippen molar-refractivity contribution in [1.82, 2.24) is 0 Å². The molecule has 0 amide bonds. The van der Waals surface area contributed by atoms with Gasteiger partial charge in [-0.05, 0) is 35.2 Å². The third kappa shape index (κ3) is 12.6. The zero-order valence-corrected chi connectivity index (χ0v) is 18.8. The Labute approximate surface area is 178 Å². The summed E-state index contributed by atoms with van der Waals surface area (Å²) in [6, 6.07) is 0. The van der Waals surface area contributed by atoms with E-state index in [1.165, 1.54) is 0 Å². The maximum absolute atomic E-state index is 10.5. The predicted molar refractivity (Wildman–Crippen MR) is 113 cm³/mol. The Morgan fingerprint density at radius 2 is 1.40 bits per heavy atom. The summed E-state index contributed by atoms with van der Waals surface area (Å²) in [6.45, 7) is 10.0. The van der Waals surface area contributed by atoms with Gasteiger partial charge in [0.25, 0.3) is 0 Å². The molecular weight excluding hydrogens is 392 g/mol. The lowest BCUT2D eigenvalue weighted by atomic mass is 9.82. The van der Waals surface area contributed by atoms with E-state index in [0.29, 0.717) is 6.42 Å². The smallest absolute Gasteiger partial charge is 0.113 e. The molecule has 0 saturated heterocycles. The monoisotopic (exact) mass is 430 g/mol. The van der Waals surface area contributed by atoms with E-state index in [1.807, 2.05) is 20.8 Å². The highest BCUT2D eigenvalue weighted by molar-refractivity contribution is 4.78. The van der Waals surface area contributed by atoms with Gasteiger partial charge in [-0.2, -0.15) is 0 Å². The molecule has 0 aliphatic carbocycles. The number of rotatable bonds is 17. The summed E-state index contributed by atoms with van der Waals surface area (Å²) in [5.74, 6) is 0.0457. The minimum Gasteiger partial charge on any atom is -0.430 e. The maximum atomic E-state index is 10.5. The Kier molecular flexibility index (Phi) is 14.0. The molecule has 0 spiro atoms. The first-order valence-electron chi connectivity index (χ1n) is 10.5. The Balaban J connectivity index is 4.88. The number of aliphatic hydroxyl groups excluding tert-OH is 3. The van der Waals surface area contributed by atoms with Crippen molar-refractivity contribution in [1.29, 1.82) is 0 Å². The number of hydrogen-bond donors (Lipinski definition) is 3. The van der Waals surface area contributed by atoms with Gasteiger partial charge >= 0.3 is 0 Å². The van der Waals surface area contributed by atoms with Crippen LogP contribution in [-0.2, 0) is 9.68 Å². The lowest BCUT2D eigenvalue weighted by Gasteiger charge is -2.28. The van der Waals surface area contributed by atoms with Crippen molar-refractivity contribution in [2.75, 3.05) is 0 Å². The predicted octanol–water partition coefficient (Wildman–Crippen LogP) is 4.72. The molecule has 0 rings (SSSR count). The molecule has 6 atom stereocenters. The van der Waals surface area contributed by atoms with Crippen LogP contribution >= 0.6 is 0 Å². The van der Waals surface area contributed by atoms with Gasteiger partial charge in [0.15, 0.2) is 0 Å². The fourth-order valence-electron chi connectivity index (χ4n) is 3.24. The van der Waals surface area contributed by atoms with Crippen molar-refractivity contribution >= 4 is 0 Å². The van der Waals surface area contributed by atoms with Crippen LogP contribution in [0.25, 0.3) is 20.9 Å². The van der Waals surface area contributed by atoms with Crippen molar-refractivity contribution in [3.05, 3.63) is 20.9 Å². The van der Waals surface area contributed by atoms with E-state index >= 15 is 0 Å². The molecule has 0 aromatic heterocycles. The quantitative estimate of drug-likeness (QED) is 0.130. The van der Waals surface area contributed by atoms with E-state index in [0.717, 1.165) is 12.8 Å². The van der Waals surface area contributed by atoms with Crippen LogP contribution in [0.15, 0.2) is 10.6 Å². The van der Waals surface area contributed by atoms with E-state index < -0.39 is 30.5 Å². The Morgan fingerprint density at radius 3 is 1.90 bits per heavy atom. The summed E-state index contributed by atoms with van der Waals surface area (Å²) < 4.78 is 0. The van der Waals surface area contributed by atoms with Gasteiger partial charge in [0.05, 0.1) is 18.3 Å². The van der Waals surface area contributed by atoms with Gasteiger partial charge < -0.3 is 25.0 Å². The molecule has 11 nitrogen and oxygen atoms in total. The van der Waals surface area contributed by atoms with Crippen molar-refractivity contribution < 1.29 is 25.0 Å². The van der Waals surface area contributed by atoms with Crippen LogP contribution in [-0.4, -0.2) is 45.8 Å². The summed E-state index contributed by atoms with van der Waals surface area (Å²) in [5.41, 5.74) is 17.0. The first kappa shape index (κ1) is 28.1. The first-order valence-corrected chi connectivity index (χ1v) is 10.5. The summed E-state index contributed by atoms with van der Waals surface area (Å²) in [4.78, 5) is 15.3. The molecule has 3 N–H and O–H groups in total. The van der Waals surface area contributed by atoms with Crippen LogP contribution in [0.5, 0.6) is 0 Å². The average molecular weight is 431 g/mol. The minimum atomic E-state index is -0.895. The van der Waals surface area contributed by atoms with E-state index in [2.05, 4.69) is 34.2 Å². The summed E-state index contributed by atoms with van der Waals surface area (Å²) >= 11 is 0. The molecule has 0 aliphatic rings. The highest BCUT2D eigenvalue weighted by Crippen LogP contribution is 2.28. The fraction of sp³-hybridized carbons (Fsp3) is 1.00. The second-order valence-corrected chi connectivity index (χ2v) is 8.73. The molecule has 0 radical (unpaired) electrons. The second-order valence-electron chi connectivity index (χ2n) is 8.73. The van der Waals surface area contributed by atoms with Crippen LogP contribution in [0.1, 0.15) is 79.6 Å². The van der Waals surface area contributed by atoms with Gasteiger partial charge in [-0.3, -0.25) is 0 Å². The average Bonchev–Trinajstić information content (AvgIpc) is 2.67. The van der Waals surface area contributed by atoms with Gasteiger partial charge in [-0.1, -0.05) is 47.5 Å². The van der Waals surface area contributed by atoms with Crippen LogP contribution in [0.2, 0.25) is 0 Å². The van der Waals surface area contributed by atoms with Gasteiger partial charge in [0, 0.05) is 29.1 Å². The van der Waals surface area contributed by atoms with Crippen LogP contribution in [0.4, 0.5) is 0 Å². The van der Waals surface area contributed by atoms with Crippen LogP contribution < -0.4 is 0 Å². The van der Waals surface area contributed by atoms with E-state index in [1.54, 1.807) is 0 Å². The Bertz CT molecular complexity index is 566. The number of aliphatic hydroxyl groups is 3. The number of azide groups is 2. The highest BCUT2D eigenvalue weighted by Gasteiger charge is 2.27. The fourth-order valence-corrected chi connectivity index (χ4v) is 3.24. The lowest BCUT2D eigenvalue weighted by molar-refractivity contribution is -0.0508. The Hall–Kier alpha value is -1.90. The second kappa shape index (κ2) is 15.0. The molecule has 0 heterocycles. The minimum absolute atomic E-state index is 0.0345. The number of nitrogens with zero attached hydrogens (tertiary/aromatic N) is 6. The van der Waals surface area contributed by atoms with E-state index in [-0.39, 0.29) is 37.0 Å². The van der Waals surface area contributed by atoms with Crippen molar-refractivity contribution in [3.8, 4) is 0 Å². The zero-order chi connectivity index (χ0) is 23.2. The van der Waals surface area contributed by atoms with Crippen molar-refractivity contribution in [2.24, 2.45) is 21.9 Å². The van der Waals surface area contributed by atoms with E-state index in [9.17, 15) is 15.3 Å². The largest absolute Gasteiger partial charge is 0.430 e. The van der Waals surface area contributed by atoms with Crippen molar-refractivity contribution in [2.45, 2.75) is 110 Å². The molecule has 30 heavy (non-hydrogen) atoms. The van der Waals surface area contributed by atoms with Gasteiger partial charge in [0.2, 0.25) is 0 Å². The molecule has 11 heteroatoms. The standard InChI is InChI=1S/C19H38N6O5/c1-6-13(3)18(30-25-23-21)11-15(27)10-17(29-24-22-20)9-14(26)8-16(28)12-19(4,5)7-2/h13-18,26-28H,6-12H2,1-5H3. The van der Waals surface area contributed by atoms with Gasteiger partial charge in [-0.15, -0.1) is 0 Å². The molecule has 0 aromatic rings. The Morgan fingerprint density at radius 1 is 0.867 bits per heavy atom. The third-order valence-electron chi connectivity index (χ3n) is 5.59. The highest BCUT2D eigenvalue weighted by atomic mass is 16.7. The SMILES string of the molecule is CCC(C)C(CC(O)CC(CC(O)CC(O)CC(C)(C)CC)ON=[N+]=[N-])ON=[N+]=[N-].